The number of rotatable bonds is 2. The highest BCUT2D eigenvalue weighted by Crippen LogP contribution is 2.42. The first kappa shape index (κ1) is 14.0. The summed E-state index contributed by atoms with van der Waals surface area (Å²) in [5, 5.41) is 11.9. The van der Waals surface area contributed by atoms with Gasteiger partial charge in [0.05, 0.1) is 5.60 Å². The number of aliphatic hydroxyl groups is 1. The predicted octanol–water partition coefficient (Wildman–Crippen LogP) is 3.06. The lowest BCUT2D eigenvalue weighted by atomic mass is 9.79. The molecule has 0 fully saturated rings. The second-order valence-electron chi connectivity index (χ2n) is 7.14. The molecule has 1 aromatic carbocycles. The van der Waals surface area contributed by atoms with Crippen LogP contribution in [0.4, 0.5) is 0 Å². The zero-order valence-electron chi connectivity index (χ0n) is 13.6. The van der Waals surface area contributed by atoms with Crippen LogP contribution in [0.1, 0.15) is 31.4 Å². The highest BCUT2D eigenvalue weighted by Gasteiger charge is 2.37. The molecule has 4 rings (SSSR count). The molecule has 3 heteroatoms. The first-order valence-corrected chi connectivity index (χ1v) is 8.26. The summed E-state index contributed by atoms with van der Waals surface area (Å²) in [6.07, 6.45) is 6.62. The molecule has 0 saturated heterocycles. The van der Waals surface area contributed by atoms with Crippen LogP contribution in [0.25, 0.3) is 16.5 Å². The molecule has 0 saturated carbocycles. The molecule has 2 heterocycles. The summed E-state index contributed by atoms with van der Waals surface area (Å²) in [7, 11) is 2.13. The van der Waals surface area contributed by atoms with Gasteiger partial charge in [-0.15, -0.1) is 0 Å². The largest absolute Gasteiger partial charge is 0.385 e. The maximum Gasteiger partial charge on any atom is 0.0932 e. The molecule has 0 bridgehead atoms. The van der Waals surface area contributed by atoms with Crippen molar-refractivity contribution < 1.29 is 5.11 Å². The standard InChI is InChI=1S/C19H24N2O/c1-4-8-21-11-13-9-17-15(10-19(2,22)12-20(17)3)14-6-5-7-16(21)18(13)14/h5-7,10-11,17,22H,4,8-9,12H2,1-3H3. The molecule has 2 aliphatic rings. The van der Waals surface area contributed by atoms with Crippen LogP contribution in [0.5, 0.6) is 0 Å². The summed E-state index contributed by atoms with van der Waals surface area (Å²) in [5.74, 6) is 0. The zero-order valence-corrected chi connectivity index (χ0v) is 13.6. The quantitative estimate of drug-likeness (QED) is 0.922. The molecular formula is C19H24N2O. The molecule has 2 aromatic rings. The van der Waals surface area contributed by atoms with Gasteiger partial charge in [0.2, 0.25) is 0 Å². The van der Waals surface area contributed by atoms with Crippen molar-refractivity contribution in [3.05, 3.63) is 41.6 Å². The Hall–Kier alpha value is -1.58. The minimum Gasteiger partial charge on any atom is -0.385 e. The predicted molar refractivity (Wildman–Crippen MR) is 91.0 cm³/mol. The second kappa shape index (κ2) is 4.71. The SMILES string of the molecule is CCCn1cc2c3c(cccc31)C1=CC(C)(O)CN(C)C1C2. The molecule has 1 N–H and O–H groups in total. The Kier molecular flexibility index (Phi) is 3.00. The van der Waals surface area contributed by atoms with Gasteiger partial charge in [0.15, 0.2) is 0 Å². The Bertz CT molecular complexity index is 769. The van der Waals surface area contributed by atoms with Gasteiger partial charge in [0, 0.05) is 36.2 Å². The van der Waals surface area contributed by atoms with Crippen LogP contribution in [-0.4, -0.2) is 39.8 Å². The van der Waals surface area contributed by atoms with E-state index in [4.69, 9.17) is 0 Å². The Labute approximate surface area is 131 Å². The summed E-state index contributed by atoms with van der Waals surface area (Å²) < 4.78 is 2.39. The van der Waals surface area contributed by atoms with E-state index in [9.17, 15) is 5.11 Å². The van der Waals surface area contributed by atoms with Crippen molar-refractivity contribution in [1.82, 2.24) is 9.47 Å². The fraction of sp³-hybridized carbons (Fsp3) is 0.474. The molecule has 116 valence electrons. The molecule has 3 nitrogen and oxygen atoms in total. The van der Waals surface area contributed by atoms with E-state index in [0.29, 0.717) is 12.6 Å². The molecule has 1 aliphatic carbocycles. The lowest BCUT2D eigenvalue weighted by Gasteiger charge is -2.42. The van der Waals surface area contributed by atoms with Crippen LogP contribution in [-0.2, 0) is 13.0 Å². The molecule has 2 atom stereocenters. The number of likely N-dealkylation sites (N-methyl/N-ethyl adjacent to an activating group) is 1. The summed E-state index contributed by atoms with van der Waals surface area (Å²) in [4.78, 5) is 2.30. The van der Waals surface area contributed by atoms with Gasteiger partial charge in [-0.2, -0.15) is 0 Å². The van der Waals surface area contributed by atoms with Gasteiger partial charge < -0.3 is 9.67 Å². The van der Waals surface area contributed by atoms with Crippen LogP contribution >= 0.6 is 0 Å². The molecule has 0 radical (unpaired) electrons. The van der Waals surface area contributed by atoms with E-state index in [1.807, 2.05) is 6.92 Å². The van der Waals surface area contributed by atoms with Crippen molar-refractivity contribution >= 4 is 16.5 Å². The third-order valence-corrected chi connectivity index (χ3v) is 5.10. The van der Waals surface area contributed by atoms with Crippen molar-refractivity contribution in [3.63, 3.8) is 0 Å². The minimum atomic E-state index is -0.744. The van der Waals surface area contributed by atoms with Crippen LogP contribution < -0.4 is 0 Å². The van der Waals surface area contributed by atoms with Crippen molar-refractivity contribution in [2.45, 2.75) is 44.9 Å². The number of hydrogen-bond donors (Lipinski definition) is 1. The Morgan fingerprint density at radius 1 is 1.36 bits per heavy atom. The first-order chi connectivity index (χ1) is 10.5. The van der Waals surface area contributed by atoms with E-state index in [1.54, 1.807) is 0 Å². The average Bonchev–Trinajstić information content (AvgIpc) is 2.80. The third-order valence-electron chi connectivity index (χ3n) is 5.10. The summed E-state index contributed by atoms with van der Waals surface area (Å²) in [6.45, 7) is 5.90. The van der Waals surface area contributed by atoms with Crippen LogP contribution in [0.2, 0.25) is 0 Å². The maximum atomic E-state index is 10.6. The first-order valence-electron chi connectivity index (χ1n) is 8.26. The van der Waals surface area contributed by atoms with Crippen molar-refractivity contribution in [2.24, 2.45) is 0 Å². The van der Waals surface area contributed by atoms with E-state index in [-0.39, 0.29) is 0 Å². The highest BCUT2D eigenvalue weighted by atomic mass is 16.3. The monoisotopic (exact) mass is 296 g/mol. The summed E-state index contributed by atoms with van der Waals surface area (Å²) in [5.41, 5.74) is 4.65. The zero-order chi connectivity index (χ0) is 15.5. The Balaban J connectivity index is 1.97. The Morgan fingerprint density at radius 3 is 2.95 bits per heavy atom. The Morgan fingerprint density at radius 2 is 2.18 bits per heavy atom. The number of aromatic nitrogens is 1. The van der Waals surface area contributed by atoms with E-state index < -0.39 is 5.60 Å². The molecule has 0 spiro atoms. The van der Waals surface area contributed by atoms with Gasteiger partial charge in [0.25, 0.3) is 0 Å². The molecular weight excluding hydrogens is 272 g/mol. The van der Waals surface area contributed by atoms with Gasteiger partial charge >= 0.3 is 0 Å². The topological polar surface area (TPSA) is 28.4 Å². The molecule has 22 heavy (non-hydrogen) atoms. The van der Waals surface area contributed by atoms with E-state index in [1.165, 1.54) is 27.6 Å². The molecule has 0 amide bonds. The van der Waals surface area contributed by atoms with Gasteiger partial charge in [-0.05, 0) is 55.7 Å². The minimum absolute atomic E-state index is 0.385. The lowest BCUT2D eigenvalue weighted by Crippen LogP contribution is -2.49. The third kappa shape index (κ3) is 1.96. The van der Waals surface area contributed by atoms with Crippen LogP contribution in [0.3, 0.4) is 0 Å². The summed E-state index contributed by atoms with van der Waals surface area (Å²) in [6, 6.07) is 6.98. The highest BCUT2D eigenvalue weighted by molar-refractivity contribution is 5.98. The van der Waals surface area contributed by atoms with Crippen LogP contribution in [0, 0.1) is 0 Å². The lowest BCUT2D eigenvalue weighted by molar-refractivity contribution is 0.0543. The maximum absolute atomic E-state index is 10.6. The number of hydrogen-bond acceptors (Lipinski definition) is 2. The average molecular weight is 296 g/mol. The molecule has 1 aromatic heterocycles. The van der Waals surface area contributed by atoms with Crippen molar-refractivity contribution in [2.75, 3.05) is 13.6 Å². The van der Waals surface area contributed by atoms with Gasteiger partial charge in [-0.1, -0.05) is 19.1 Å². The van der Waals surface area contributed by atoms with Crippen molar-refractivity contribution in [1.29, 1.82) is 0 Å². The smallest absolute Gasteiger partial charge is 0.0932 e. The number of fused-ring (bicyclic) bond motifs is 2. The fourth-order valence-electron chi connectivity index (χ4n) is 4.32. The number of nitrogens with zero attached hydrogens (tertiary/aromatic N) is 2. The number of benzene rings is 1. The van der Waals surface area contributed by atoms with E-state index in [2.05, 4.69) is 53.9 Å². The van der Waals surface area contributed by atoms with E-state index >= 15 is 0 Å². The summed E-state index contributed by atoms with van der Waals surface area (Å²) >= 11 is 0. The normalized spacial score (nSPS) is 27.8. The number of aryl methyl sites for hydroxylation is 1. The van der Waals surface area contributed by atoms with Gasteiger partial charge in [-0.3, -0.25) is 4.90 Å². The fourth-order valence-corrected chi connectivity index (χ4v) is 4.32. The van der Waals surface area contributed by atoms with Gasteiger partial charge in [0.1, 0.15) is 0 Å². The number of β-amino-alcohol motifs (C(OH)–C–C–N with tert-alkyl or cyclic N) is 1. The molecule has 1 aliphatic heterocycles. The van der Waals surface area contributed by atoms with Crippen LogP contribution in [0.15, 0.2) is 30.5 Å². The van der Waals surface area contributed by atoms with Gasteiger partial charge in [-0.25, -0.2) is 0 Å². The van der Waals surface area contributed by atoms with Crippen molar-refractivity contribution in [3.8, 4) is 0 Å². The van der Waals surface area contributed by atoms with E-state index in [0.717, 1.165) is 19.4 Å². The second-order valence-corrected chi connectivity index (χ2v) is 7.14. The molecule has 2 unspecified atom stereocenters.